The normalized spacial score (nSPS) is 21.4. The lowest BCUT2D eigenvalue weighted by molar-refractivity contribution is -0.0594. The molecule has 2 aromatic carbocycles. The summed E-state index contributed by atoms with van der Waals surface area (Å²) in [4.78, 5) is 40.5. The number of hydrogen-bond donors (Lipinski definition) is 1. The Bertz CT molecular complexity index is 1820. The van der Waals surface area contributed by atoms with Crippen molar-refractivity contribution in [2.24, 2.45) is 0 Å². The summed E-state index contributed by atoms with van der Waals surface area (Å²) in [6, 6.07) is 12.7. The molecule has 2 saturated heterocycles. The van der Waals surface area contributed by atoms with E-state index in [0.717, 1.165) is 49.4 Å². The number of benzene rings is 2. The van der Waals surface area contributed by atoms with E-state index in [-0.39, 0.29) is 29.7 Å². The van der Waals surface area contributed by atoms with Gasteiger partial charge in [0, 0.05) is 38.0 Å². The van der Waals surface area contributed by atoms with Gasteiger partial charge in [-0.1, -0.05) is 17.7 Å². The SMILES string of the molecule is COC(=O)c1cc(OC)c2nc(CN3CCN(c4cccc(O)c4C(=O)C(C)c4ccc(Cl)cn4)C4CCC43)n(CC3CCO3)c2c1. The average Bonchev–Trinajstić information content (AvgIpc) is 3.38. The summed E-state index contributed by atoms with van der Waals surface area (Å²) in [5.41, 5.74) is 3.60. The predicted octanol–water partition coefficient (Wildman–Crippen LogP) is 5.21. The van der Waals surface area contributed by atoms with Crippen LogP contribution in [0.15, 0.2) is 48.7 Å². The highest BCUT2D eigenvalue weighted by Gasteiger charge is 2.44. The van der Waals surface area contributed by atoms with Gasteiger partial charge >= 0.3 is 5.97 Å². The van der Waals surface area contributed by atoms with Gasteiger partial charge in [0.05, 0.1) is 72.4 Å². The second kappa shape index (κ2) is 12.8. The molecule has 1 aliphatic carbocycles. The number of methoxy groups -OCH3 is 2. The number of aromatic nitrogens is 3. The lowest BCUT2D eigenvalue weighted by Gasteiger charge is -2.55. The van der Waals surface area contributed by atoms with Crippen molar-refractivity contribution < 1.29 is 28.9 Å². The summed E-state index contributed by atoms with van der Waals surface area (Å²) >= 11 is 6.03. The van der Waals surface area contributed by atoms with Crippen molar-refractivity contribution in [3.63, 3.8) is 0 Å². The fraction of sp³-hybridized carbons (Fsp3) is 0.429. The Balaban J connectivity index is 1.17. The topological polar surface area (TPSA) is 119 Å². The van der Waals surface area contributed by atoms with E-state index in [1.165, 1.54) is 13.3 Å². The molecule has 0 bridgehead atoms. The first-order valence-corrected chi connectivity index (χ1v) is 16.4. The van der Waals surface area contributed by atoms with Gasteiger partial charge in [-0.2, -0.15) is 0 Å². The van der Waals surface area contributed by atoms with E-state index in [0.29, 0.717) is 52.7 Å². The van der Waals surface area contributed by atoms with Gasteiger partial charge in [-0.25, -0.2) is 9.78 Å². The van der Waals surface area contributed by atoms with Crippen molar-refractivity contribution >= 4 is 40.1 Å². The van der Waals surface area contributed by atoms with Gasteiger partial charge in [0.1, 0.15) is 22.8 Å². The molecule has 4 atom stereocenters. The summed E-state index contributed by atoms with van der Waals surface area (Å²) in [5, 5.41) is 11.5. The first-order chi connectivity index (χ1) is 22.8. The quantitative estimate of drug-likeness (QED) is 0.179. The zero-order valence-corrected chi connectivity index (χ0v) is 27.4. The minimum absolute atomic E-state index is 0.0289. The Kier molecular flexibility index (Phi) is 8.54. The van der Waals surface area contributed by atoms with Gasteiger partial charge in [-0.15, -0.1) is 0 Å². The number of pyridine rings is 1. The number of nitrogens with zero attached hydrogens (tertiary/aromatic N) is 5. The molecular weight excluding hydrogens is 622 g/mol. The van der Waals surface area contributed by atoms with Gasteiger partial charge in [0.25, 0.3) is 0 Å². The van der Waals surface area contributed by atoms with Gasteiger partial charge in [0.2, 0.25) is 0 Å². The zero-order chi connectivity index (χ0) is 32.8. The van der Waals surface area contributed by atoms with Crippen molar-refractivity contribution in [3.8, 4) is 11.5 Å². The maximum absolute atomic E-state index is 13.9. The highest BCUT2D eigenvalue weighted by atomic mass is 35.5. The largest absolute Gasteiger partial charge is 0.507 e. The minimum Gasteiger partial charge on any atom is -0.507 e. The van der Waals surface area contributed by atoms with E-state index in [9.17, 15) is 14.7 Å². The van der Waals surface area contributed by atoms with E-state index in [1.807, 2.05) is 19.1 Å². The van der Waals surface area contributed by atoms with E-state index >= 15 is 0 Å². The number of carbonyl (C=O) groups is 2. The number of fused-ring (bicyclic) bond motifs is 2. The van der Waals surface area contributed by atoms with Crippen LogP contribution in [-0.4, -0.2) is 88.4 Å². The number of aromatic hydroxyl groups is 1. The number of anilines is 1. The molecule has 3 aliphatic rings. The Morgan fingerprint density at radius 3 is 2.57 bits per heavy atom. The van der Waals surface area contributed by atoms with Crippen LogP contribution in [0.3, 0.4) is 0 Å². The van der Waals surface area contributed by atoms with Crippen molar-refractivity contribution in [2.75, 3.05) is 38.8 Å². The third-order valence-electron chi connectivity index (χ3n) is 9.93. The number of ketones is 1. The van der Waals surface area contributed by atoms with Gasteiger partial charge in [-0.05, 0) is 62.6 Å². The maximum atomic E-state index is 13.9. The number of halogens is 1. The number of piperazine rings is 1. The molecule has 2 aliphatic heterocycles. The predicted molar refractivity (Wildman–Crippen MR) is 177 cm³/mol. The summed E-state index contributed by atoms with van der Waals surface area (Å²) < 4.78 is 18.7. The third-order valence-corrected chi connectivity index (χ3v) is 10.2. The van der Waals surface area contributed by atoms with Crippen LogP contribution in [0, 0.1) is 0 Å². The van der Waals surface area contributed by atoms with Gasteiger partial charge in [0.15, 0.2) is 5.78 Å². The van der Waals surface area contributed by atoms with Crippen LogP contribution < -0.4 is 9.64 Å². The van der Waals surface area contributed by atoms with Crippen LogP contribution in [-0.2, 0) is 22.6 Å². The summed E-state index contributed by atoms with van der Waals surface area (Å²) in [5.74, 6) is 0.205. The van der Waals surface area contributed by atoms with Crippen molar-refractivity contribution in [1.82, 2.24) is 19.4 Å². The lowest BCUT2D eigenvalue weighted by atomic mass is 9.80. The molecule has 0 radical (unpaired) electrons. The summed E-state index contributed by atoms with van der Waals surface area (Å²) in [7, 11) is 2.95. The molecule has 4 unspecified atom stereocenters. The number of esters is 1. The van der Waals surface area contributed by atoms with E-state index in [2.05, 4.69) is 19.4 Å². The average molecular weight is 660 g/mol. The minimum atomic E-state index is -0.554. The summed E-state index contributed by atoms with van der Waals surface area (Å²) in [6.45, 7) is 5.21. The molecular formula is C35H38ClN5O6. The van der Waals surface area contributed by atoms with Crippen LogP contribution in [0.5, 0.6) is 11.5 Å². The molecule has 2 aromatic heterocycles. The second-order valence-corrected chi connectivity index (χ2v) is 12.9. The van der Waals surface area contributed by atoms with Crippen LogP contribution in [0.4, 0.5) is 5.69 Å². The zero-order valence-electron chi connectivity index (χ0n) is 26.7. The fourth-order valence-electron chi connectivity index (χ4n) is 7.10. The van der Waals surface area contributed by atoms with Crippen molar-refractivity contribution in [3.05, 3.63) is 76.3 Å². The van der Waals surface area contributed by atoms with Crippen molar-refractivity contribution in [1.29, 1.82) is 0 Å². The van der Waals surface area contributed by atoms with Gasteiger partial charge < -0.3 is 28.8 Å². The molecule has 1 N–H and O–H groups in total. The molecule has 12 heteroatoms. The van der Waals surface area contributed by atoms with Crippen LogP contribution in [0.2, 0.25) is 5.02 Å². The van der Waals surface area contributed by atoms with E-state index in [1.54, 1.807) is 37.4 Å². The maximum Gasteiger partial charge on any atom is 0.338 e. The molecule has 1 saturated carbocycles. The molecule has 0 spiro atoms. The first kappa shape index (κ1) is 31.4. The number of rotatable bonds is 10. The number of Topliss-reactive ketones (excluding diaryl/α,β-unsaturated/α-hetero) is 1. The second-order valence-electron chi connectivity index (χ2n) is 12.5. The fourth-order valence-corrected chi connectivity index (χ4v) is 7.21. The molecule has 246 valence electrons. The Morgan fingerprint density at radius 2 is 1.91 bits per heavy atom. The molecule has 11 nitrogen and oxygen atoms in total. The lowest BCUT2D eigenvalue weighted by Crippen LogP contribution is -2.64. The van der Waals surface area contributed by atoms with E-state index in [4.69, 9.17) is 30.8 Å². The highest BCUT2D eigenvalue weighted by molar-refractivity contribution is 6.30. The Morgan fingerprint density at radius 1 is 1.11 bits per heavy atom. The Hall–Kier alpha value is -4.19. The van der Waals surface area contributed by atoms with Crippen LogP contribution in [0.25, 0.3) is 11.0 Å². The van der Waals surface area contributed by atoms with Crippen LogP contribution >= 0.6 is 11.6 Å². The molecule has 4 heterocycles. The smallest absolute Gasteiger partial charge is 0.338 e. The van der Waals surface area contributed by atoms with Crippen molar-refractivity contribution in [2.45, 2.75) is 63.4 Å². The number of hydrogen-bond acceptors (Lipinski definition) is 10. The molecule has 0 amide bonds. The first-order valence-electron chi connectivity index (χ1n) is 16.0. The number of carbonyl (C=O) groups excluding carboxylic acids is 2. The molecule has 7 rings (SSSR count). The molecule has 4 aromatic rings. The Labute approximate surface area is 278 Å². The highest BCUT2D eigenvalue weighted by Crippen LogP contribution is 2.42. The number of phenols is 1. The standard InChI is InChI=1S/C35H38ClN5O6/c1-20(24-8-7-22(36)17-37-24)34(43)32-27(5-4-6-29(32)42)40-13-12-39(25-9-10-26(25)40)19-31-38-33-28(41(31)18-23-11-14-47-23)15-21(35(44)46-3)16-30(33)45-2/h4-8,15-17,20,23,25-26,42H,9-14,18-19H2,1-3H3. The number of phenolic OH excluding ortho intramolecular Hbond substituents is 1. The van der Waals surface area contributed by atoms with E-state index < -0.39 is 11.9 Å². The number of ether oxygens (including phenoxy) is 3. The third kappa shape index (κ3) is 5.70. The monoisotopic (exact) mass is 659 g/mol. The summed E-state index contributed by atoms with van der Waals surface area (Å²) in [6.07, 6.45) is 4.57. The van der Waals surface area contributed by atoms with Crippen LogP contribution in [0.1, 0.15) is 64.3 Å². The molecule has 3 fully saturated rings. The van der Waals surface area contributed by atoms with Gasteiger partial charge in [-0.3, -0.25) is 14.7 Å². The molecule has 47 heavy (non-hydrogen) atoms. The number of imidazole rings is 1.